The molecule has 0 amide bonds. The van der Waals surface area contributed by atoms with Crippen LogP contribution in [0.5, 0.6) is 5.75 Å². The highest BCUT2D eigenvalue weighted by Gasteiger charge is 2.09. The highest BCUT2D eigenvalue weighted by molar-refractivity contribution is 5.89. The minimum atomic E-state index is -0.483. The molecule has 0 fully saturated rings. The minimum absolute atomic E-state index is 0.430. The Kier molecular flexibility index (Phi) is 17.1. The quantitative estimate of drug-likeness (QED) is 0.123. The van der Waals surface area contributed by atoms with E-state index in [0.29, 0.717) is 17.9 Å². The molecule has 0 aromatic heterocycles. The molecule has 1 aromatic carbocycles. The van der Waals surface area contributed by atoms with Gasteiger partial charge in [-0.25, -0.2) is 4.79 Å². The molecule has 0 heterocycles. The number of hydrogen-bond donors (Lipinski definition) is 0. The molecule has 0 unspecified atom stereocenters. The van der Waals surface area contributed by atoms with Crippen LogP contribution in [0.15, 0.2) is 24.3 Å². The number of hydrogen-bond acceptors (Lipinski definition) is 4. The molecule has 1 radical (unpaired) electrons. The summed E-state index contributed by atoms with van der Waals surface area (Å²) in [6.07, 6.45) is 20.8. The van der Waals surface area contributed by atoms with Gasteiger partial charge in [-0.15, -0.1) is 0 Å². The molecule has 0 saturated heterocycles. The van der Waals surface area contributed by atoms with Crippen molar-refractivity contribution in [1.29, 1.82) is 0 Å². The molecule has 1 aromatic rings. The number of methoxy groups -OCH3 is 1. The van der Waals surface area contributed by atoms with Crippen molar-refractivity contribution in [2.45, 2.75) is 103 Å². The van der Waals surface area contributed by atoms with Crippen LogP contribution in [0, 0.1) is 6.92 Å². The second-order valence-corrected chi connectivity index (χ2v) is 8.08. The molecule has 171 valence electrons. The van der Waals surface area contributed by atoms with Crippen LogP contribution < -0.4 is 4.74 Å². The van der Waals surface area contributed by atoms with Crippen LogP contribution in [0.2, 0.25) is 0 Å². The monoisotopic (exact) mass is 419 g/mol. The first-order chi connectivity index (χ1) is 14.8. The molecule has 0 spiro atoms. The van der Waals surface area contributed by atoms with E-state index in [4.69, 9.17) is 14.5 Å². The highest BCUT2D eigenvalue weighted by atomic mass is 17.2. The van der Waals surface area contributed by atoms with E-state index in [-0.39, 0.29) is 0 Å². The first-order valence-corrected chi connectivity index (χ1v) is 12.0. The van der Waals surface area contributed by atoms with Gasteiger partial charge in [0.25, 0.3) is 0 Å². The van der Waals surface area contributed by atoms with Crippen LogP contribution in [0.4, 0.5) is 0 Å². The summed E-state index contributed by atoms with van der Waals surface area (Å²) in [4.78, 5) is 21.8. The third kappa shape index (κ3) is 14.4. The zero-order valence-corrected chi connectivity index (χ0v) is 19.2. The van der Waals surface area contributed by atoms with Crippen LogP contribution in [0.3, 0.4) is 0 Å². The Morgan fingerprint density at radius 1 is 0.767 bits per heavy atom. The van der Waals surface area contributed by atoms with Crippen molar-refractivity contribution in [3.63, 3.8) is 0 Å². The summed E-state index contributed by atoms with van der Waals surface area (Å²) in [7, 11) is 1.57. The lowest BCUT2D eigenvalue weighted by Crippen LogP contribution is -2.07. The number of carbonyl (C=O) groups excluding carboxylic acids is 1. The number of ether oxygens (including phenoxy) is 1. The molecule has 1 rings (SSSR count). The maximum atomic E-state index is 11.9. The molecular formula is C26H43O4. The van der Waals surface area contributed by atoms with Crippen LogP contribution in [0.1, 0.15) is 113 Å². The van der Waals surface area contributed by atoms with Gasteiger partial charge in [-0.05, 0) is 24.6 Å². The Balaban J connectivity index is 1.81. The molecular weight excluding hydrogens is 376 g/mol. The van der Waals surface area contributed by atoms with E-state index in [9.17, 15) is 4.79 Å². The number of rotatable bonds is 20. The molecule has 4 heteroatoms. The predicted octanol–water partition coefficient (Wildman–Crippen LogP) is 7.86. The summed E-state index contributed by atoms with van der Waals surface area (Å²) in [5.74, 6) is 0.142. The lowest BCUT2D eigenvalue weighted by molar-refractivity contribution is -0.241. The van der Waals surface area contributed by atoms with Crippen LogP contribution in [0.25, 0.3) is 0 Å². The van der Waals surface area contributed by atoms with Crippen molar-refractivity contribution in [2.75, 3.05) is 13.7 Å². The van der Waals surface area contributed by atoms with E-state index >= 15 is 0 Å². The Hall–Kier alpha value is -1.55. The molecule has 4 nitrogen and oxygen atoms in total. The van der Waals surface area contributed by atoms with Gasteiger partial charge in [0, 0.05) is 0 Å². The number of carbonyl (C=O) groups is 1. The van der Waals surface area contributed by atoms with E-state index in [1.807, 2.05) is 0 Å². The van der Waals surface area contributed by atoms with Gasteiger partial charge in [-0.1, -0.05) is 109 Å². The zero-order chi connectivity index (χ0) is 21.7. The van der Waals surface area contributed by atoms with E-state index in [2.05, 4.69) is 6.92 Å². The SMILES string of the molecule is [CH2]CCCCCCCCCCCCCCCCCOOC(=O)c1cccc(OC)c1. The summed E-state index contributed by atoms with van der Waals surface area (Å²) in [6.45, 7) is 4.34. The van der Waals surface area contributed by atoms with Crippen LogP contribution in [-0.4, -0.2) is 19.7 Å². The smallest absolute Gasteiger partial charge is 0.373 e. The van der Waals surface area contributed by atoms with Crippen molar-refractivity contribution >= 4 is 5.97 Å². The van der Waals surface area contributed by atoms with Gasteiger partial charge in [0.1, 0.15) is 5.75 Å². The molecule has 0 atom stereocenters. The molecule has 0 aliphatic heterocycles. The minimum Gasteiger partial charge on any atom is -0.497 e. The second-order valence-electron chi connectivity index (χ2n) is 8.08. The maximum absolute atomic E-state index is 11.9. The lowest BCUT2D eigenvalue weighted by Gasteiger charge is -2.05. The Morgan fingerprint density at radius 3 is 1.77 bits per heavy atom. The van der Waals surface area contributed by atoms with Crippen molar-refractivity contribution in [3.05, 3.63) is 36.8 Å². The maximum Gasteiger partial charge on any atom is 0.373 e. The van der Waals surface area contributed by atoms with Gasteiger partial charge in [0.15, 0.2) is 0 Å². The van der Waals surface area contributed by atoms with E-state index in [1.54, 1.807) is 31.4 Å². The zero-order valence-electron chi connectivity index (χ0n) is 19.2. The summed E-state index contributed by atoms with van der Waals surface area (Å²) in [5.41, 5.74) is 0.430. The molecule has 0 N–H and O–H groups in total. The Morgan fingerprint density at radius 2 is 1.27 bits per heavy atom. The fourth-order valence-corrected chi connectivity index (χ4v) is 3.53. The fraction of sp³-hybridized carbons (Fsp3) is 0.692. The molecule has 30 heavy (non-hydrogen) atoms. The van der Waals surface area contributed by atoms with Crippen LogP contribution >= 0.6 is 0 Å². The normalized spacial score (nSPS) is 10.9. The first kappa shape index (κ1) is 26.5. The summed E-state index contributed by atoms with van der Waals surface area (Å²) >= 11 is 0. The number of benzene rings is 1. The summed E-state index contributed by atoms with van der Waals surface area (Å²) in [5, 5.41) is 0. The van der Waals surface area contributed by atoms with Gasteiger partial charge in [-0.3, -0.25) is 4.89 Å². The van der Waals surface area contributed by atoms with Crippen molar-refractivity contribution in [2.24, 2.45) is 0 Å². The Bertz CT molecular complexity index is 530. The average molecular weight is 420 g/mol. The average Bonchev–Trinajstić information content (AvgIpc) is 2.78. The largest absolute Gasteiger partial charge is 0.497 e. The summed E-state index contributed by atoms with van der Waals surface area (Å²) in [6, 6.07) is 6.86. The van der Waals surface area contributed by atoms with E-state index in [1.165, 1.54) is 83.5 Å². The second kappa shape index (κ2) is 19.4. The number of unbranched alkanes of at least 4 members (excludes halogenated alkanes) is 15. The summed E-state index contributed by atoms with van der Waals surface area (Å²) < 4.78 is 5.10. The molecule has 0 aliphatic carbocycles. The van der Waals surface area contributed by atoms with Crippen molar-refractivity contribution < 1.29 is 19.3 Å². The van der Waals surface area contributed by atoms with E-state index in [0.717, 1.165) is 19.3 Å². The van der Waals surface area contributed by atoms with Crippen LogP contribution in [-0.2, 0) is 9.78 Å². The highest BCUT2D eigenvalue weighted by Crippen LogP contribution is 2.15. The van der Waals surface area contributed by atoms with Crippen molar-refractivity contribution in [1.82, 2.24) is 0 Å². The third-order valence-electron chi connectivity index (χ3n) is 5.42. The fourth-order valence-electron chi connectivity index (χ4n) is 3.53. The van der Waals surface area contributed by atoms with Gasteiger partial charge in [-0.2, -0.15) is 4.89 Å². The predicted molar refractivity (Wildman–Crippen MR) is 124 cm³/mol. The molecule has 0 aliphatic rings. The van der Waals surface area contributed by atoms with Gasteiger partial charge < -0.3 is 4.74 Å². The van der Waals surface area contributed by atoms with E-state index < -0.39 is 5.97 Å². The first-order valence-electron chi connectivity index (χ1n) is 12.0. The van der Waals surface area contributed by atoms with Crippen molar-refractivity contribution in [3.8, 4) is 5.75 Å². The topological polar surface area (TPSA) is 44.8 Å². The third-order valence-corrected chi connectivity index (χ3v) is 5.42. The standard InChI is InChI=1S/C26H43O4/c1-3-4-5-6-7-8-9-10-11-12-13-14-15-16-17-18-22-29-30-26(27)24-20-19-21-25(23-24)28-2/h19-21,23H,1,3-18,22H2,2H3. The van der Waals surface area contributed by atoms with Gasteiger partial charge in [0.05, 0.1) is 19.3 Å². The van der Waals surface area contributed by atoms with Gasteiger partial charge in [0.2, 0.25) is 0 Å². The Labute approximate surface area is 184 Å². The molecule has 0 bridgehead atoms. The molecule has 0 saturated carbocycles. The lowest BCUT2D eigenvalue weighted by atomic mass is 10.0. The van der Waals surface area contributed by atoms with Gasteiger partial charge >= 0.3 is 5.97 Å².